The average molecular weight is 395 g/mol. The minimum atomic E-state index is -0.242. The Labute approximate surface area is 169 Å². The van der Waals surface area contributed by atoms with Crippen LogP contribution < -0.4 is 5.43 Å². The van der Waals surface area contributed by atoms with Crippen molar-refractivity contribution >= 4 is 17.5 Å². The van der Waals surface area contributed by atoms with E-state index in [0.29, 0.717) is 37.6 Å². The number of nitrogens with one attached hydrogen (secondary N) is 1. The fourth-order valence-corrected chi connectivity index (χ4v) is 3.90. The number of hydrogen-bond donors (Lipinski definition) is 1. The first kappa shape index (κ1) is 19.4. The first-order valence-corrected chi connectivity index (χ1v) is 9.98. The molecule has 1 aromatic carbocycles. The Hall–Kier alpha value is -2.93. The van der Waals surface area contributed by atoms with Gasteiger partial charge in [0.2, 0.25) is 0 Å². The zero-order valence-electron chi connectivity index (χ0n) is 16.8. The lowest BCUT2D eigenvalue weighted by atomic mass is 9.93. The van der Waals surface area contributed by atoms with Crippen molar-refractivity contribution in [3.05, 3.63) is 58.0 Å². The predicted octanol–water partition coefficient (Wildman–Crippen LogP) is 2.84. The summed E-state index contributed by atoms with van der Waals surface area (Å²) in [6.07, 6.45) is 2.36. The van der Waals surface area contributed by atoms with Gasteiger partial charge in [-0.3, -0.25) is 9.59 Å². The summed E-state index contributed by atoms with van der Waals surface area (Å²) in [5.41, 5.74) is 6.58. The van der Waals surface area contributed by atoms with Gasteiger partial charge in [0.15, 0.2) is 5.76 Å². The molecule has 2 heterocycles. The topological polar surface area (TPSA) is 84.1 Å². The summed E-state index contributed by atoms with van der Waals surface area (Å²) in [4.78, 5) is 27.2. The Kier molecular flexibility index (Phi) is 5.49. The van der Waals surface area contributed by atoms with Crippen LogP contribution in [0, 0.1) is 13.8 Å². The Balaban J connectivity index is 1.58. The molecule has 7 heteroatoms. The molecule has 1 N–H and O–H groups in total. The molecule has 152 valence electrons. The second-order valence-electron chi connectivity index (χ2n) is 7.43. The molecule has 0 atom stereocenters. The highest BCUT2D eigenvalue weighted by molar-refractivity contribution is 6.07. The van der Waals surface area contributed by atoms with Crippen LogP contribution in [0.25, 0.3) is 0 Å². The van der Waals surface area contributed by atoms with Crippen molar-refractivity contribution in [2.75, 3.05) is 26.3 Å². The number of aryl methyl sites for hydroxylation is 2. The molecule has 1 aliphatic carbocycles. The molecule has 1 aromatic heterocycles. The third-order valence-corrected chi connectivity index (χ3v) is 5.50. The average Bonchev–Trinajstić information content (AvgIpc) is 3.09. The summed E-state index contributed by atoms with van der Waals surface area (Å²) in [6.45, 7) is 6.00. The van der Waals surface area contributed by atoms with Gasteiger partial charge in [-0.2, -0.15) is 5.10 Å². The fourth-order valence-electron chi connectivity index (χ4n) is 3.90. The summed E-state index contributed by atoms with van der Waals surface area (Å²) in [7, 11) is 0. The van der Waals surface area contributed by atoms with E-state index in [0.717, 1.165) is 47.4 Å². The number of hydrogen-bond acceptors (Lipinski definition) is 5. The van der Waals surface area contributed by atoms with Crippen molar-refractivity contribution in [1.29, 1.82) is 0 Å². The van der Waals surface area contributed by atoms with E-state index in [9.17, 15) is 9.59 Å². The minimum absolute atomic E-state index is 0.108. The Morgan fingerprint density at radius 1 is 1.10 bits per heavy atom. The number of amides is 2. The van der Waals surface area contributed by atoms with Gasteiger partial charge in [0.1, 0.15) is 5.76 Å². The number of carbonyl (C=O) groups is 2. The first-order valence-electron chi connectivity index (χ1n) is 9.98. The third kappa shape index (κ3) is 3.82. The van der Waals surface area contributed by atoms with Crippen LogP contribution in [0.3, 0.4) is 0 Å². The predicted molar refractivity (Wildman–Crippen MR) is 108 cm³/mol. The van der Waals surface area contributed by atoms with Crippen LogP contribution in [-0.2, 0) is 11.2 Å². The van der Waals surface area contributed by atoms with Gasteiger partial charge in [-0.25, -0.2) is 5.43 Å². The summed E-state index contributed by atoms with van der Waals surface area (Å²) in [6, 6.07) is 7.40. The number of nitrogens with zero attached hydrogens (tertiary/aromatic N) is 2. The van der Waals surface area contributed by atoms with Gasteiger partial charge >= 0.3 is 0 Å². The van der Waals surface area contributed by atoms with Gasteiger partial charge in [-0.05, 0) is 38.3 Å². The molecule has 0 bridgehead atoms. The molecule has 2 aromatic rings. The number of rotatable bonds is 3. The second kappa shape index (κ2) is 8.21. The maximum absolute atomic E-state index is 12.9. The van der Waals surface area contributed by atoms with Crippen molar-refractivity contribution < 1.29 is 18.7 Å². The van der Waals surface area contributed by atoms with Crippen molar-refractivity contribution in [3.63, 3.8) is 0 Å². The van der Waals surface area contributed by atoms with Crippen molar-refractivity contribution in [1.82, 2.24) is 10.3 Å². The number of morpholine rings is 1. The van der Waals surface area contributed by atoms with Gasteiger partial charge in [-0.15, -0.1) is 0 Å². The summed E-state index contributed by atoms with van der Waals surface area (Å²) < 4.78 is 11.3. The largest absolute Gasteiger partial charge is 0.455 e. The van der Waals surface area contributed by atoms with Crippen LogP contribution in [0.4, 0.5) is 0 Å². The zero-order chi connectivity index (χ0) is 20.4. The molecular weight excluding hydrogens is 370 g/mol. The number of hydrazone groups is 1. The van der Waals surface area contributed by atoms with E-state index in [-0.39, 0.29) is 11.8 Å². The lowest BCUT2D eigenvalue weighted by molar-refractivity contribution is 0.0281. The number of furan rings is 1. The van der Waals surface area contributed by atoms with Crippen LogP contribution in [-0.4, -0.2) is 48.7 Å². The van der Waals surface area contributed by atoms with Crippen LogP contribution in [0.2, 0.25) is 0 Å². The molecule has 0 radical (unpaired) electrons. The Morgan fingerprint density at radius 3 is 2.62 bits per heavy atom. The summed E-state index contributed by atoms with van der Waals surface area (Å²) in [5, 5.41) is 4.40. The molecule has 2 amide bonds. The Bertz CT molecular complexity index is 970. The maximum Gasteiger partial charge on any atom is 0.290 e. The van der Waals surface area contributed by atoms with E-state index >= 15 is 0 Å². The van der Waals surface area contributed by atoms with E-state index in [2.05, 4.69) is 10.5 Å². The van der Waals surface area contributed by atoms with Gasteiger partial charge < -0.3 is 14.1 Å². The molecule has 1 aliphatic heterocycles. The number of carbonyl (C=O) groups excluding carboxylic acids is 2. The van der Waals surface area contributed by atoms with Gasteiger partial charge in [0.05, 0.1) is 18.9 Å². The molecule has 2 aliphatic rings. The first-order chi connectivity index (χ1) is 14.1. The molecule has 0 spiro atoms. The van der Waals surface area contributed by atoms with Gasteiger partial charge in [-0.1, -0.05) is 18.2 Å². The second-order valence-corrected chi connectivity index (χ2v) is 7.43. The monoisotopic (exact) mass is 395 g/mol. The normalized spacial score (nSPS) is 17.9. The molecule has 7 nitrogen and oxygen atoms in total. The number of ether oxygens (including phenoxy) is 1. The van der Waals surface area contributed by atoms with E-state index in [1.165, 1.54) is 0 Å². The third-order valence-electron chi connectivity index (χ3n) is 5.50. The van der Waals surface area contributed by atoms with Crippen LogP contribution >= 0.6 is 0 Å². The van der Waals surface area contributed by atoms with Crippen LogP contribution in [0.5, 0.6) is 0 Å². The lowest BCUT2D eigenvalue weighted by Gasteiger charge is -2.26. The Morgan fingerprint density at radius 2 is 1.86 bits per heavy atom. The smallest absolute Gasteiger partial charge is 0.290 e. The van der Waals surface area contributed by atoms with Crippen molar-refractivity contribution in [3.8, 4) is 0 Å². The molecule has 0 unspecified atom stereocenters. The summed E-state index contributed by atoms with van der Waals surface area (Å²) >= 11 is 0. The van der Waals surface area contributed by atoms with E-state index < -0.39 is 0 Å². The van der Waals surface area contributed by atoms with E-state index in [4.69, 9.17) is 9.15 Å². The highest BCUT2D eigenvalue weighted by Gasteiger charge is 2.30. The quantitative estimate of drug-likeness (QED) is 0.810. The molecule has 0 saturated carbocycles. The minimum Gasteiger partial charge on any atom is -0.455 e. The highest BCUT2D eigenvalue weighted by Crippen LogP contribution is 2.30. The lowest BCUT2D eigenvalue weighted by Crippen LogP contribution is -2.40. The van der Waals surface area contributed by atoms with Crippen molar-refractivity contribution in [2.24, 2.45) is 5.10 Å². The van der Waals surface area contributed by atoms with E-state index in [1.807, 2.05) is 32.0 Å². The van der Waals surface area contributed by atoms with Gasteiger partial charge in [0, 0.05) is 36.2 Å². The number of benzene rings is 1. The molecule has 1 fully saturated rings. The zero-order valence-corrected chi connectivity index (χ0v) is 16.8. The highest BCUT2D eigenvalue weighted by atomic mass is 16.5. The standard InChI is InChI=1S/C22H25N3O4/c1-14-6-3-4-7-16(14)21(26)24-23-17-8-5-9-18-19(17)15(2)20(29-18)22(27)25-10-12-28-13-11-25/h3-4,6-7H,5,8-13H2,1-2H3,(H,24,26)/b23-17+. The SMILES string of the molecule is Cc1ccccc1C(=O)N/N=C1\CCCc2oc(C(=O)N3CCOCC3)c(C)c21. The summed E-state index contributed by atoms with van der Waals surface area (Å²) in [5.74, 6) is 0.794. The van der Waals surface area contributed by atoms with Gasteiger partial charge in [0.25, 0.3) is 11.8 Å². The van der Waals surface area contributed by atoms with Crippen LogP contribution in [0.1, 0.15) is 56.2 Å². The number of fused-ring (bicyclic) bond motifs is 1. The van der Waals surface area contributed by atoms with Crippen molar-refractivity contribution in [2.45, 2.75) is 33.1 Å². The molecule has 29 heavy (non-hydrogen) atoms. The molecule has 1 saturated heterocycles. The molecule has 4 rings (SSSR count). The van der Waals surface area contributed by atoms with Crippen LogP contribution in [0.15, 0.2) is 33.8 Å². The van der Waals surface area contributed by atoms with E-state index in [1.54, 1.807) is 11.0 Å². The molecular formula is C22H25N3O4. The fraction of sp³-hybridized carbons (Fsp3) is 0.409. The maximum atomic E-state index is 12.9.